The van der Waals surface area contributed by atoms with Crippen LogP contribution in [0, 0.1) is 0 Å². The summed E-state index contributed by atoms with van der Waals surface area (Å²) in [7, 11) is 1.76. The van der Waals surface area contributed by atoms with E-state index in [2.05, 4.69) is 0 Å². The Kier molecular flexibility index (Phi) is 5.29. The second kappa shape index (κ2) is 7.08. The predicted molar refractivity (Wildman–Crippen MR) is 87.2 cm³/mol. The normalized spacial score (nSPS) is 30.3. The molecule has 0 radical (unpaired) electrons. The van der Waals surface area contributed by atoms with Gasteiger partial charge in [0, 0.05) is 26.8 Å². The third kappa shape index (κ3) is 3.72. The van der Waals surface area contributed by atoms with E-state index in [1.54, 1.807) is 7.11 Å². The average Bonchev–Trinajstić information content (AvgIpc) is 2.56. The Balaban J connectivity index is 1.54. The zero-order valence-corrected chi connectivity index (χ0v) is 14.4. The van der Waals surface area contributed by atoms with E-state index in [9.17, 15) is 9.90 Å². The minimum Gasteiger partial charge on any atom is -0.389 e. The van der Waals surface area contributed by atoms with Gasteiger partial charge in [0.1, 0.15) is 0 Å². The third-order valence-electron chi connectivity index (χ3n) is 6.10. The second-order valence-electron chi connectivity index (χ2n) is 7.62. The van der Waals surface area contributed by atoms with Crippen LogP contribution in [0.4, 0.5) is 0 Å². The van der Waals surface area contributed by atoms with Crippen LogP contribution in [-0.4, -0.2) is 60.0 Å². The van der Waals surface area contributed by atoms with Crippen molar-refractivity contribution in [2.24, 2.45) is 0 Å². The summed E-state index contributed by atoms with van der Waals surface area (Å²) in [6.45, 7) is 2.23. The molecule has 0 aromatic heterocycles. The van der Waals surface area contributed by atoms with Crippen LogP contribution in [0.3, 0.4) is 0 Å². The van der Waals surface area contributed by atoms with Gasteiger partial charge in [0.25, 0.3) is 0 Å². The fourth-order valence-corrected chi connectivity index (χ4v) is 4.61. The maximum Gasteiger partial charge on any atom is 0.225 e. The average molecular weight is 325 g/mol. The SMILES string of the molecule is COC1CCCOC12CCN(C(=O)CC1(O)CCCCC1)CC2. The fraction of sp³-hybridized carbons (Fsp3) is 0.944. The van der Waals surface area contributed by atoms with Crippen molar-refractivity contribution >= 4 is 5.91 Å². The first kappa shape index (κ1) is 17.2. The predicted octanol–water partition coefficient (Wildman–Crippen LogP) is 2.26. The van der Waals surface area contributed by atoms with Gasteiger partial charge in [-0.1, -0.05) is 19.3 Å². The largest absolute Gasteiger partial charge is 0.389 e. The van der Waals surface area contributed by atoms with Crippen LogP contribution < -0.4 is 0 Å². The van der Waals surface area contributed by atoms with E-state index >= 15 is 0 Å². The van der Waals surface area contributed by atoms with Crippen molar-refractivity contribution in [3.63, 3.8) is 0 Å². The number of ether oxygens (including phenoxy) is 2. The van der Waals surface area contributed by atoms with E-state index in [-0.39, 0.29) is 24.0 Å². The first-order valence-electron chi connectivity index (χ1n) is 9.24. The fourth-order valence-electron chi connectivity index (χ4n) is 4.61. The van der Waals surface area contributed by atoms with Gasteiger partial charge >= 0.3 is 0 Å². The molecule has 5 nitrogen and oxygen atoms in total. The van der Waals surface area contributed by atoms with Gasteiger partial charge in [-0.15, -0.1) is 0 Å². The highest BCUT2D eigenvalue weighted by atomic mass is 16.5. The van der Waals surface area contributed by atoms with E-state index in [0.29, 0.717) is 0 Å². The minimum absolute atomic E-state index is 0.106. The highest BCUT2D eigenvalue weighted by Gasteiger charge is 2.46. The van der Waals surface area contributed by atoms with Crippen LogP contribution in [0.1, 0.15) is 64.2 Å². The van der Waals surface area contributed by atoms with Gasteiger partial charge in [-0.3, -0.25) is 4.79 Å². The van der Waals surface area contributed by atoms with Crippen molar-refractivity contribution in [2.75, 3.05) is 26.8 Å². The zero-order chi connectivity index (χ0) is 16.3. The zero-order valence-electron chi connectivity index (χ0n) is 14.4. The number of hydrogen-bond donors (Lipinski definition) is 1. The summed E-state index contributed by atoms with van der Waals surface area (Å²) in [6, 6.07) is 0. The minimum atomic E-state index is -0.763. The molecule has 3 fully saturated rings. The summed E-state index contributed by atoms with van der Waals surface area (Å²) in [5.74, 6) is 0.106. The molecule has 1 unspecified atom stereocenters. The molecule has 0 bridgehead atoms. The third-order valence-corrected chi connectivity index (χ3v) is 6.10. The first-order valence-corrected chi connectivity index (χ1v) is 9.24. The number of rotatable bonds is 3. The number of carbonyl (C=O) groups excluding carboxylic acids is 1. The van der Waals surface area contributed by atoms with Gasteiger partial charge in [-0.25, -0.2) is 0 Å². The van der Waals surface area contributed by atoms with Crippen molar-refractivity contribution in [3.05, 3.63) is 0 Å². The molecule has 0 aromatic carbocycles. The van der Waals surface area contributed by atoms with E-state index < -0.39 is 5.60 Å². The molecule has 5 heteroatoms. The van der Waals surface area contributed by atoms with Gasteiger partial charge in [-0.2, -0.15) is 0 Å². The lowest BCUT2D eigenvalue weighted by Crippen LogP contribution is -2.57. The van der Waals surface area contributed by atoms with E-state index in [1.807, 2.05) is 4.90 Å². The lowest BCUT2D eigenvalue weighted by Gasteiger charge is -2.48. The lowest BCUT2D eigenvalue weighted by atomic mass is 9.80. The number of likely N-dealkylation sites (tertiary alicyclic amines) is 1. The molecule has 1 amide bonds. The van der Waals surface area contributed by atoms with Crippen molar-refractivity contribution in [1.82, 2.24) is 4.90 Å². The maximum atomic E-state index is 12.6. The number of nitrogens with zero attached hydrogens (tertiary/aromatic N) is 1. The Morgan fingerprint density at radius 2 is 1.87 bits per heavy atom. The van der Waals surface area contributed by atoms with Gasteiger partial charge in [0.15, 0.2) is 0 Å². The molecule has 1 aliphatic carbocycles. The quantitative estimate of drug-likeness (QED) is 0.865. The highest BCUT2D eigenvalue weighted by Crippen LogP contribution is 2.38. The molecule has 0 aromatic rings. The number of hydrogen-bond acceptors (Lipinski definition) is 4. The molecule has 1 atom stereocenters. The van der Waals surface area contributed by atoms with Crippen molar-refractivity contribution in [2.45, 2.75) is 81.5 Å². The Labute approximate surface area is 139 Å². The molecule has 1 saturated carbocycles. The Morgan fingerprint density at radius 3 is 2.52 bits per heavy atom. The van der Waals surface area contributed by atoms with E-state index in [0.717, 1.165) is 71.1 Å². The Morgan fingerprint density at radius 1 is 1.17 bits per heavy atom. The molecule has 1 spiro atoms. The van der Waals surface area contributed by atoms with Crippen LogP contribution in [0.15, 0.2) is 0 Å². The van der Waals surface area contributed by atoms with Crippen molar-refractivity contribution in [1.29, 1.82) is 0 Å². The molecule has 132 valence electrons. The summed E-state index contributed by atoms with van der Waals surface area (Å²) in [4.78, 5) is 14.5. The summed E-state index contributed by atoms with van der Waals surface area (Å²) in [5.41, 5.74) is -0.966. The van der Waals surface area contributed by atoms with Gasteiger partial charge in [0.05, 0.1) is 23.7 Å². The molecule has 2 aliphatic heterocycles. The van der Waals surface area contributed by atoms with E-state index in [4.69, 9.17) is 9.47 Å². The molecule has 2 heterocycles. The van der Waals surface area contributed by atoms with Gasteiger partial charge in [0.2, 0.25) is 5.91 Å². The molecular weight excluding hydrogens is 294 g/mol. The van der Waals surface area contributed by atoms with Crippen LogP contribution in [-0.2, 0) is 14.3 Å². The summed E-state index contributed by atoms with van der Waals surface area (Å²) in [6.07, 6.45) is 9.01. The number of methoxy groups -OCH3 is 1. The lowest BCUT2D eigenvalue weighted by molar-refractivity contribution is -0.189. The smallest absolute Gasteiger partial charge is 0.225 e. The van der Waals surface area contributed by atoms with Crippen LogP contribution in [0.25, 0.3) is 0 Å². The van der Waals surface area contributed by atoms with Crippen molar-refractivity contribution < 1.29 is 19.4 Å². The van der Waals surface area contributed by atoms with Gasteiger partial charge in [-0.05, 0) is 38.5 Å². The Bertz CT molecular complexity index is 411. The topological polar surface area (TPSA) is 59.0 Å². The molecule has 3 aliphatic rings. The van der Waals surface area contributed by atoms with E-state index in [1.165, 1.54) is 6.42 Å². The monoisotopic (exact) mass is 325 g/mol. The highest BCUT2D eigenvalue weighted by molar-refractivity contribution is 5.77. The van der Waals surface area contributed by atoms with Gasteiger partial charge < -0.3 is 19.5 Å². The number of aliphatic hydroxyl groups is 1. The molecule has 23 heavy (non-hydrogen) atoms. The maximum absolute atomic E-state index is 12.6. The van der Waals surface area contributed by atoms with Crippen LogP contribution >= 0.6 is 0 Å². The summed E-state index contributed by atoms with van der Waals surface area (Å²) < 4.78 is 11.7. The van der Waals surface area contributed by atoms with Crippen LogP contribution in [0.5, 0.6) is 0 Å². The van der Waals surface area contributed by atoms with Crippen LogP contribution in [0.2, 0.25) is 0 Å². The molecule has 1 N–H and O–H groups in total. The number of amides is 1. The summed E-state index contributed by atoms with van der Waals surface area (Å²) >= 11 is 0. The molecule has 2 saturated heterocycles. The molecular formula is C18H31NO4. The second-order valence-corrected chi connectivity index (χ2v) is 7.62. The molecule has 3 rings (SSSR count). The Hall–Kier alpha value is -0.650. The number of piperidine rings is 1. The van der Waals surface area contributed by atoms with Crippen molar-refractivity contribution in [3.8, 4) is 0 Å². The number of carbonyl (C=O) groups is 1. The first-order chi connectivity index (χ1) is 11.1. The standard InChI is InChI=1S/C18H31NO4/c1-22-15-6-5-13-23-18(15)9-11-19(12-10-18)16(20)14-17(21)7-3-2-4-8-17/h15,21H,2-14H2,1H3. The summed E-state index contributed by atoms with van der Waals surface area (Å²) in [5, 5.41) is 10.6.